The van der Waals surface area contributed by atoms with Crippen LogP contribution in [0.15, 0.2) is 24.3 Å². The minimum Gasteiger partial charge on any atom is -0.489 e. The maximum Gasteiger partial charge on any atom is 0.222 e. The van der Waals surface area contributed by atoms with Crippen LogP contribution in [0.4, 0.5) is 5.69 Å². The highest BCUT2D eigenvalue weighted by molar-refractivity contribution is 7.91. The zero-order valence-electron chi connectivity index (χ0n) is 13.5. The number of carbonyl (C=O) groups is 1. The van der Waals surface area contributed by atoms with Gasteiger partial charge < -0.3 is 15.4 Å². The Hall–Kier alpha value is -1.76. The molecule has 1 amide bonds. The Morgan fingerprint density at radius 1 is 1.35 bits per heavy atom. The summed E-state index contributed by atoms with van der Waals surface area (Å²) in [6, 6.07) is 7.34. The van der Waals surface area contributed by atoms with Gasteiger partial charge in [0.2, 0.25) is 5.91 Å². The monoisotopic (exact) mass is 340 g/mol. The van der Waals surface area contributed by atoms with E-state index in [1.807, 2.05) is 38.1 Å². The average molecular weight is 340 g/mol. The molecule has 1 aliphatic rings. The molecule has 0 aliphatic carbocycles. The van der Waals surface area contributed by atoms with Crippen LogP contribution < -0.4 is 15.4 Å². The molecule has 1 saturated heterocycles. The van der Waals surface area contributed by atoms with Gasteiger partial charge in [0.25, 0.3) is 0 Å². The molecule has 1 unspecified atom stereocenters. The lowest BCUT2D eigenvalue weighted by Gasteiger charge is -2.16. The van der Waals surface area contributed by atoms with Crippen LogP contribution in [0, 0.1) is 0 Å². The molecule has 1 aromatic carbocycles. The molecule has 6 nitrogen and oxygen atoms in total. The van der Waals surface area contributed by atoms with Crippen LogP contribution in [0.5, 0.6) is 5.75 Å². The van der Waals surface area contributed by atoms with Gasteiger partial charge in [-0.15, -0.1) is 0 Å². The van der Waals surface area contributed by atoms with Crippen LogP contribution in [-0.2, 0) is 14.6 Å². The maximum absolute atomic E-state index is 11.9. The van der Waals surface area contributed by atoms with Crippen molar-refractivity contribution in [3.8, 4) is 5.75 Å². The van der Waals surface area contributed by atoms with Gasteiger partial charge in [0.1, 0.15) is 5.75 Å². The molecule has 128 valence electrons. The molecule has 1 atom stereocenters. The molecule has 1 aromatic rings. The van der Waals surface area contributed by atoms with E-state index in [2.05, 4.69) is 10.6 Å². The lowest BCUT2D eigenvalue weighted by atomic mass is 10.2. The van der Waals surface area contributed by atoms with Crippen LogP contribution in [-0.4, -0.2) is 44.5 Å². The van der Waals surface area contributed by atoms with Crippen molar-refractivity contribution in [1.29, 1.82) is 0 Å². The van der Waals surface area contributed by atoms with Gasteiger partial charge in [-0.25, -0.2) is 8.42 Å². The fourth-order valence-corrected chi connectivity index (χ4v) is 4.16. The van der Waals surface area contributed by atoms with Gasteiger partial charge in [-0.1, -0.05) is 12.1 Å². The predicted molar refractivity (Wildman–Crippen MR) is 90.5 cm³/mol. The second kappa shape index (κ2) is 7.68. The number of benzene rings is 1. The topological polar surface area (TPSA) is 84.5 Å². The smallest absolute Gasteiger partial charge is 0.222 e. The summed E-state index contributed by atoms with van der Waals surface area (Å²) in [5, 5.41) is 5.96. The Kier molecular flexibility index (Phi) is 5.87. The molecule has 0 radical (unpaired) electrons. The summed E-state index contributed by atoms with van der Waals surface area (Å²) in [7, 11) is -2.97. The molecule has 1 heterocycles. The Bertz CT molecular complexity index is 643. The first kappa shape index (κ1) is 17.6. The van der Waals surface area contributed by atoms with Crippen LogP contribution in [0.2, 0.25) is 0 Å². The fourth-order valence-electron chi connectivity index (χ4n) is 2.49. The molecule has 1 fully saturated rings. The maximum atomic E-state index is 11.9. The van der Waals surface area contributed by atoms with Crippen molar-refractivity contribution in [1.82, 2.24) is 5.32 Å². The number of nitrogens with one attached hydrogen (secondary N) is 2. The largest absolute Gasteiger partial charge is 0.489 e. The van der Waals surface area contributed by atoms with Gasteiger partial charge in [0, 0.05) is 19.0 Å². The van der Waals surface area contributed by atoms with Crippen molar-refractivity contribution in [2.24, 2.45) is 0 Å². The van der Waals surface area contributed by atoms with E-state index in [4.69, 9.17) is 4.74 Å². The Labute approximate surface area is 137 Å². The molecule has 7 heteroatoms. The highest BCUT2D eigenvalue weighted by Crippen LogP contribution is 2.24. The van der Waals surface area contributed by atoms with Crippen molar-refractivity contribution < 1.29 is 17.9 Å². The summed E-state index contributed by atoms with van der Waals surface area (Å²) >= 11 is 0. The molecular weight excluding hydrogens is 316 g/mol. The normalized spacial score (nSPS) is 19.5. The second-order valence-corrected chi connectivity index (χ2v) is 8.24. The number of para-hydroxylation sites is 2. The molecule has 0 aromatic heterocycles. The molecule has 0 spiro atoms. The first-order valence-electron chi connectivity index (χ1n) is 7.85. The van der Waals surface area contributed by atoms with E-state index < -0.39 is 9.84 Å². The van der Waals surface area contributed by atoms with E-state index in [-0.39, 0.29) is 36.0 Å². The van der Waals surface area contributed by atoms with Gasteiger partial charge in [-0.2, -0.15) is 0 Å². The van der Waals surface area contributed by atoms with E-state index in [9.17, 15) is 13.2 Å². The average Bonchev–Trinajstić information content (AvgIpc) is 2.79. The van der Waals surface area contributed by atoms with Gasteiger partial charge in [-0.3, -0.25) is 4.79 Å². The molecule has 2 N–H and O–H groups in total. The third-order valence-electron chi connectivity index (χ3n) is 3.51. The summed E-state index contributed by atoms with van der Waals surface area (Å²) in [5.74, 6) is 0.833. The summed E-state index contributed by atoms with van der Waals surface area (Å²) in [4.78, 5) is 11.9. The van der Waals surface area contributed by atoms with E-state index in [0.29, 0.717) is 13.0 Å². The van der Waals surface area contributed by atoms with Crippen LogP contribution in [0.25, 0.3) is 0 Å². The molecule has 23 heavy (non-hydrogen) atoms. The quantitative estimate of drug-likeness (QED) is 0.787. The minimum atomic E-state index is -2.97. The number of hydrogen-bond donors (Lipinski definition) is 2. The van der Waals surface area contributed by atoms with E-state index in [1.54, 1.807) is 0 Å². The Morgan fingerprint density at radius 3 is 2.74 bits per heavy atom. The standard InChI is InChI=1S/C16H24N2O4S/c1-12(2)22-15-6-4-3-5-14(15)17-9-7-16(19)18-13-8-10-23(20,21)11-13/h3-6,12-13,17H,7-11H2,1-2H3,(H,18,19). The van der Waals surface area contributed by atoms with Crippen LogP contribution in [0.3, 0.4) is 0 Å². The van der Waals surface area contributed by atoms with Crippen LogP contribution >= 0.6 is 0 Å². The van der Waals surface area contributed by atoms with Gasteiger partial charge >= 0.3 is 0 Å². The fraction of sp³-hybridized carbons (Fsp3) is 0.562. The highest BCUT2D eigenvalue weighted by atomic mass is 32.2. The number of rotatable bonds is 7. The van der Waals surface area contributed by atoms with E-state index in [1.165, 1.54) is 0 Å². The van der Waals surface area contributed by atoms with Crippen molar-refractivity contribution in [2.75, 3.05) is 23.4 Å². The molecule has 0 bridgehead atoms. The highest BCUT2D eigenvalue weighted by Gasteiger charge is 2.28. The number of anilines is 1. The molecular formula is C16H24N2O4S. The Morgan fingerprint density at radius 2 is 2.09 bits per heavy atom. The molecule has 1 aliphatic heterocycles. The summed E-state index contributed by atoms with van der Waals surface area (Å²) in [5.41, 5.74) is 0.845. The van der Waals surface area contributed by atoms with Gasteiger partial charge in [0.15, 0.2) is 9.84 Å². The number of hydrogen-bond acceptors (Lipinski definition) is 5. The first-order chi connectivity index (χ1) is 10.9. The third kappa shape index (κ3) is 5.74. The van der Waals surface area contributed by atoms with Crippen molar-refractivity contribution in [3.05, 3.63) is 24.3 Å². The van der Waals surface area contributed by atoms with E-state index in [0.717, 1.165) is 11.4 Å². The molecule has 0 saturated carbocycles. The third-order valence-corrected chi connectivity index (χ3v) is 5.28. The minimum absolute atomic E-state index is 0.0528. The Balaban J connectivity index is 1.78. The summed E-state index contributed by atoms with van der Waals surface area (Å²) < 4.78 is 28.4. The second-order valence-electron chi connectivity index (χ2n) is 6.01. The van der Waals surface area contributed by atoms with Crippen molar-refractivity contribution in [2.45, 2.75) is 38.8 Å². The van der Waals surface area contributed by atoms with Gasteiger partial charge in [0.05, 0.1) is 23.3 Å². The number of sulfone groups is 1. The zero-order valence-corrected chi connectivity index (χ0v) is 14.4. The zero-order chi connectivity index (χ0) is 16.9. The van der Waals surface area contributed by atoms with Gasteiger partial charge in [-0.05, 0) is 32.4 Å². The number of ether oxygens (including phenoxy) is 1. The number of amides is 1. The summed E-state index contributed by atoms with van der Waals surface area (Å²) in [6.07, 6.45) is 0.865. The van der Waals surface area contributed by atoms with Crippen molar-refractivity contribution in [3.63, 3.8) is 0 Å². The SMILES string of the molecule is CC(C)Oc1ccccc1NCCC(=O)NC1CCS(=O)(=O)C1. The molecule has 2 rings (SSSR count). The lowest BCUT2D eigenvalue weighted by Crippen LogP contribution is -2.36. The number of carbonyl (C=O) groups excluding carboxylic acids is 1. The predicted octanol–water partition coefficient (Wildman–Crippen LogP) is 1.58. The van der Waals surface area contributed by atoms with Crippen molar-refractivity contribution >= 4 is 21.4 Å². The van der Waals surface area contributed by atoms with Crippen LogP contribution in [0.1, 0.15) is 26.7 Å². The lowest BCUT2D eigenvalue weighted by molar-refractivity contribution is -0.121. The first-order valence-corrected chi connectivity index (χ1v) is 9.67. The summed E-state index contributed by atoms with van der Waals surface area (Å²) in [6.45, 7) is 4.38. The van der Waals surface area contributed by atoms with E-state index >= 15 is 0 Å².